The number of anilines is 1. The van der Waals surface area contributed by atoms with Gasteiger partial charge in [0.1, 0.15) is 5.75 Å². The van der Waals surface area contributed by atoms with Gasteiger partial charge in [-0.25, -0.2) is 4.79 Å². The van der Waals surface area contributed by atoms with Crippen molar-refractivity contribution in [2.75, 3.05) is 18.5 Å². The average Bonchev–Trinajstić information content (AvgIpc) is 2.56. The topological polar surface area (TPSA) is 64.6 Å². The van der Waals surface area contributed by atoms with E-state index in [1.165, 1.54) is 0 Å². The van der Waals surface area contributed by atoms with Crippen molar-refractivity contribution in [2.24, 2.45) is 0 Å². The summed E-state index contributed by atoms with van der Waals surface area (Å²) < 4.78 is 10.3. The van der Waals surface area contributed by atoms with Crippen molar-refractivity contribution < 1.29 is 19.1 Å². The van der Waals surface area contributed by atoms with E-state index in [1.807, 2.05) is 26.0 Å². The first-order valence-electron chi connectivity index (χ1n) is 7.46. The van der Waals surface area contributed by atoms with Gasteiger partial charge in [0.05, 0.1) is 15.7 Å². The molecule has 2 aromatic carbocycles. The lowest BCUT2D eigenvalue weighted by Crippen LogP contribution is -2.23. The van der Waals surface area contributed by atoms with E-state index in [0.29, 0.717) is 16.5 Å². The van der Waals surface area contributed by atoms with Crippen LogP contribution in [0.2, 0.25) is 10.0 Å². The molecule has 5 nitrogen and oxygen atoms in total. The zero-order valence-corrected chi connectivity index (χ0v) is 15.3. The highest BCUT2D eigenvalue weighted by Gasteiger charge is 2.12. The Hall–Kier alpha value is -2.24. The van der Waals surface area contributed by atoms with E-state index in [1.54, 1.807) is 24.3 Å². The van der Waals surface area contributed by atoms with E-state index in [4.69, 9.17) is 32.7 Å². The molecule has 0 spiro atoms. The first-order valence-corrected chi connectivity index (χ1v) is 8.22. The number of carbonyl (C=O) groups is 2. The van der Waals surface area contributed by atoms with Crippen LogP contribution in [-0.4, -0.2) is 25.1 Å². The third-order valence-electron chi connectivity index (χ3n) is 3.27. The first-order chi connectivity index (χ1) is 11.9. The highest BCUT2D eigenvalue weighted by molar-refractivity contribution is 6.44. The third-order valence-corrected chi connectivity index (χ3v) is 4.08. The monoisotopic (exact) mass is 381 g/mol. The number of ether oxygens (including phenoxy) is 2. The second-order valence-corrected chi connectivity index (χ2v) is 6.15. The van der Waals surface area contributed by atoms with E-state index in [0.717, 1.165) is 11.1 Å². The quantitative estimate of drug-likeness (QED) is 0.762. The van der Waals surface area contributed by atoms with Crippen LogP contribution < -0.4 is 10.1 Å². The van der Waals surface area contributed by atoms with Gasteiger partial charge in [-0.2, -0.15) is 0 Å². The van der Waals surface area contributed by atoms with Crippen molar-refractivity contribution in [3.8, 4) is 5.75 Å². The number of halogens is 2. The Morgan fingerprint density at radius 1 is 1.08 bits per heavy atom. The molecule has 0 heterocycles. The zero-order chi connectivity index (χ0) is 18.4. The van der Waals surface area contributed by atoms with Gasteiger partial charge in [-0.1, -0.05) is 47.0 Å². The molecule has 2 rings (SSSR count). The molecule has 0 aliphatic rings. The van der Waals surface area contributed by atoms with Crippen molar-refractivity contribution in [2.45, 2.75) is 13.8 Å². The SMILES string of the molecule is Cc1ccc(OCC(=O)OCC(=O)Nc2cccc(Cl)c2Cl)c(C)c1. The average molecular weight is 382 g/mol. The lowest BCUT2D eigenvalue weighted by Gasteiger charge is -2.10. The van der Waals surface area contributed by atoms with Crippen LogP contribution in [0.15, 0.2) is 36.4 Å². The van der Waals surface area contributed by atoms with Crippen LogP contribution in [0.5, 0.6) is 5.75 Å². The molecule has 0 saturated heterocycles. The van der Waals surface area contributed by atoms with Crippen LogP contribution >= 0.6 is 23.2 Å². The fourth-order valence-electron chi connectivity index (χ4n) is 2.07. The fraction of sp³-hybridized carbons (Fsp3) is 0.222. The number of rotatable bonds is 6. The number of nitrogens with one attached hydrogen (secondary N) is 1. The summed E-state index contributed by atoms with van der Waals surface area (Å²) in [5.41, 5.74) is 2.37. The van der Waals surface area contributed by atoms with Gasteiger partial charge in [0.25, 0.3) is 5.91 Å². The number of esters is 1. The minimum absolute atomic E-state index is 0.224. The van der Waals surface area contributed by atoms with Gasteiger partial charge in [-0.15, -0.1) is 0 Å². The molecule has 1 amide bonds. The predicted octanol–water partition coefficient (Wildman–Crippen LogP) is 4.17. The summed E-state index contributed by atoms with van der Waals surface area (Å²) in [7, 11) is 0. The van der Waals surface area contributed by atoms with E-state index < -0.39 is 18.5 Å². The highest BCUT2D eigenvalue weighted by Crippen LogP contribution is 2.29. The normalized spacial score (nSPS) is 10.2. The van der Waals surface area contributed by atoms with Gasteiger partial charge < -0.3 is 14.8 Å². The maximum absolute atomic E-state index is 11.8. The number of hydrogen-bond acceptors (Lipinski definition) is 4. The molecule has 0 saturated carbocycles. The number of amides is 1. The number of hydrogen-bond donors (Lipinski definition) is 1. The van der Waals surface area contributed by atoms with Crippen LogP contribution in [0.1, 0.15) is 11.1 Å². The van der Waals surface area contributed by atoms with E-state index in [2.05, 4.69) is 5.32 Å². The molecule has 0 bridgehead atoms. The number of benzene rings is 2. The molecule has 0 unspecified atom stereocenters. The van der Waals surface area contributed by atoms with Crippen molar-refractivity contribution in [3.05, 3.63) is 57.6 Å². The molecule has 0 atom stereocenters. The standard InChI is InChI=1S/C18H17Cl2NO4/c1-11-6-7-15(12(2)8-11)24-10-17(23)25-9-16(22)21-14-5-3-4-13(19)18(14)20/h3-8H,9-10H2,1-2H3,(H,21,22). The maximum Gasteiger partial charge on any atom is 0.344 e. The molecule has 0 aromatic heterocycles. The maximum atomic E-state index is 11.8. The summed E-state index contributed by atoms with van der Waals surface area (Å²) in [5, 5.41) is 3.06. The Morgan fingerprint density at radius 3 is 2.56 bits per heavy atom. The molecule has 7 heteroatoms. The molecule has 25 heavy (non-hydrogen) atoms. The molecule has 1 N–H and O–H groups in total. The number of aryl methyl sites for hydroxylation is 2. The summed E-state index contributed by atoms with van der Waals surface area (Å²) in [4.78, 5) is 23.5. The summed E-state index contributed by atoms with van der Waals surface area (Å²) >= 11 is 11.8. The van der Waals surface area contributed by atoms with Crippen LogP contribution in [0.3, 0.4) is 0 Å². The largest absolute Gasteiger partial charge is 0.482 e. The van der Waals surface area contributed by atoms with Crippen molar-refractivity contribution in [3.63, 3.8) is 0 Å². The first kappa shape index (κ1) is 19.1. The lowest BCUT2D eigenvalue weighted by atomic mass is 10.1. The second kappa shape index (κ2) is 8.74. The van der Waals surface area contributed by atoms with Crippen molar-refractivity contribution in [1.29, 1.82) is 0 Å². The number of carbonyl (C=O) groups excluding carboxylic acids is 2. The Balaban J connectivity index is 1.79. The Bertz CT molecular complexity index is 793. The summed E-state index contributed by atoms with van der Waals surface area (Å²) in [5.74, 6) is -0.575. The second-order valence-electron chi connectivity index (χ2n) is 5.37. The Labute approximate surface area is 155 Å². The van der Waals surface area contributed by atoms with E-state index >= 15 is 0 Å². The van der Waals surface area contributed by atoms with Gasteiger partial charge in [-0.05, 0) is 37.6 Å². The summed E-state index contributed by atoms with van der Waals surface area (Å²) in [6, 6.07) is 10.5. The fourth-order valence-corrected chi connectivity index (χ4v) is 2.42. The molecule has 0 aliphatic heterocycles. The Morgan fingerprint density at radius 2 is 1.84 bits per heavy atom. The molecule has 2 aromatic rings. The zero-order valence-electron chi connectivity index (χ0n) is 13.8. The minimum atomic E-state index is -0.646. The van der Waals surface area contributed by atoms with Crippen molar-refractivity contribution in [1.82, 2.24) is 0 Å². The summed E-state index contributed by atoms with van der Waals surface area (Å²) in [6.07, 6.45) is 0. The molecule has 0 aliphatic carbocycles. The molecular weight excluding hydrogens is 365 g/mol. The smallest absolute Gasteiger partial charge is 0.344 e. The van der Waals surface area contributed by atoms with Crippen LogP contribution in [0.4, 0.5) is 5.69 Å². The van der Waals surface area contributed by atoms with Gasteiger partial charge in [0.2, 0.25) is 0 Å². The molecule has 0 fully saturated rings. The van der Waals surface area contributed by atoms with Crippen LogP contribution in [-0.2, 0) is 14.3 Å². The third kappa shape index (κ3) is 5.66. The Kier molecular flexibility index (Phi) is 6.67. The minimum Gasteiger partial charge on any atom is -0.482 e. The molecular formula is C18H17Cl2NO4. The van der Waals surface area contributed by atoms with Crippen molar-refractivity contribution >= 4 is 40.8 Å². The van der Waals surface area contributed by atoms with Gasteiger partial charge in [0, 0.05) is 0 Å². The van der Waals surface area contributed by atoms with E-state index in [-0.39, 0.29) is 11.6 Å². The molecule has 0 radical (unpaired) electrons. The molecule has 132 valence electrons. The highest BCUT2D eigenvalue weighted by atomic mass is 35.5. The van der Waals surface area contributed by atoms with Crippen LogP contribution in [0.25, 0.3) is 0 Å². The lowest BCUT2D eigenvalue weighted by molar-refractivity contribution is -0.149. The van der Waals surface area contributed by atoms with Crippen LogP contribution in [0, 0.1) is 13.8 Å². The predicted molar refractivity (Wildman–Crippen MR) is 97.5 cm³/mol. The summed E-state index contributed by atoms with van der Waals surface area (Å²) in [6.45, 7) is 3.12. The van der Waals surface area contributed by atoms with Gasteiger partial charge in [-0.3, -0.25) is 4.79 Å². The van der Waals surface area contributed by atoms with Gasteiger partial charge >= 0.3 is 5.97 Å². The van der Waals surface area contributed by atoms with E-state index in [9.17, 15) is 9.59 Å². The van der Waals surface area contributed by atoms with Gasteiger partial charge in [0.15, 0.2) is 13.2 Å².